The number of amides is 5. The number of fused-ring (bicyclic) bond motifs is 2. The summed E-state index contributed by atoms with van der Waals surface area (Å²) in [6, 6.07) is 7.07. The Balaban J connectivity index is 1.11. The fourth-order valence-corrected chi connectivity index (χ4v) is 7.79. The average molecular weight is 451 g/mol. The molecule has 0 radical (unpaired) electrons. The van der Waals surface area contributed by atoms with Gasteiger partial charge in [0.15, 0.2) is 0 Å². The Morgan fingerprint density at radius 3 is 2.36 bits per heavy atom. The molecule has 1 aromatic rings. The van der Waals surface area contributed by atoms with E-state index in [1.165, 1.54) is 19.3 Å². The first-order chi connectivity index (χ1) is 15.9. The van der Waals surface area contributed by atoms with Crippen LogP contribution in [0.2, 0.25) is 0 Å². The van der Waals surface area contributed by atoms with E-state index >= 15 is 0 Å². The molecule has 3 N–H and O–H groups in total. The lowest BCUT2D eigenvalue weighted by Crippen LogP contribution is -2.57. The van der Waals surface area contributed by atoms with Crippen molar-refractivity contribution >= 4 is 23.8 Å². The second-order valence-corrected chi connectivity index (χ2v) is 10.9. The van der Waals surface area contributed by atoms with Crippen LogP contribution in [-0.2, 0) is 26.3 Å². The van der Waals surface area contributed by atoms with Crippen molar-refractivity contribution in [3.63, 3.8) is 0 Å². The van der Waals surface area contributed by atoms with Crippen molar-refractivity contribution in [1.29, 1.82) is 0 Å². The van der Waals surface area contributed by atoms with Crippen molar-refractivity contribution in [2.45, 2.75) is 63.3 Å². The molecule has 4 bridgehead atoms. The zero-order valence-corrected chi connectivity index (χ0v) is 18.7. The number of hydrazine groups is 1. The minimum Gasteiger partial charge on any atom is -0.319 e. The fraction of sp³-hybridized carbons (Fsp3) is 0.600. The molecule has 174 valence electrons. The van der Waals surface area contributed by atoms with Crippen LogP contribution in [0.3, 0.4) is 0 Å². The molecule has 7 rings (SSSR count). The smallest absolute Gasteiger partial charge is 0.319 e. The van der Waals surface area contributed by atoms with Crippen LogP contribution in [0.25, 0.3) is 0 Å². The molecule has 1 unspecified atom stereocenters. The summed E-state index contributed by atoms with van der Waals surface area (Å²) in [6.45, 7) is -0.421. The lowest BCUT2D eigenvalue weighted by molar-refractivity contribution is -0.149. The summed E-state index contributed by atoms with van der Waals surface area (Å²) in [5.74, 6) is 0.777. The molecule has 1 heterocycles. The highest BCUT2D eigenvalue weighted by molar-refractivity contribution is 6.09. The molecular formula is C25H30N4O4. The Labute approximate surface area is 192 Å². The molecule has 4 saturated carbocycles. The highest BCUT2D eigenvalue weighted by Gasteiger charge is 2.56. The number of imide groups is 1. The molecule has 1 atom stereocenters. The Bertz CT molecular complexity index is 1020. The van der Waals surface area contributed by atoms with Gasteiger partial charge in [-0.2, -0.15) is 0 Å². The first-order valence-electron chi connectivity index (χ1n) is 12.2. The predicted molar refractivity (Wildman–Crippen MR) is 118 cm³/mol. The quantitative estimate of drug-likeness (QED) is 0.484. The van der Waals surface area contributed by atoms with E-state index in [1.54, 1.807) is 0 Å². The first kappa shape index (κ1) is 20.7. The second-order valence-electron chi connectivity index (χ2n) is 10.9. The van der Waals surface area contributed by atoms with Crippen molar-refractivity contribution in [3.05, 3.63) is 35.4 Å². The number of rotatable bonds is 3. The van der Waals surface area contributed by atoms with Gasteiger partial charge in [-0.25, -0.2) is 4.79 Å². The van der Waals surface area contributed by atoms with Gasteiger partial charge in [0.25, 0.3) is 11.8 Å². The first-order valence-corrected chi connectivity index (χ1v) is 12.2. The predicted octanol–water partition coefficient (Wildman–Crippen LogP) is 2.13. The van der Waals surface area contributed by atoms with Crippen molar-refractivity contribution in [2.75, 3.05) is 6.54 Å². The zero-order chi connectivity index (χ0) is 22.8. The molecule has 33 heavy (non-hydrogen) atoms. The summed E-state index contributed by atoms with van der Waals surface area (Å²) >= 11 is 0. The van der Waals surface area contributed by atoms with Crippen molar-refractivity contribution in [1.82, 2.24) is 21.1 Å². The number of hydrogen-bond acceptors (Lipinski definition) is 4. The number of carbonyl (C=O) groups is 4. The van der Waals surface area contributed by atoms with Crippen molar-refractivity contribution in [3.8, 4) is 0 Å². The van der Waals surface area contributed by atoms with Gasteiger partial charge in [0.2, 0.25) is 5.91 Å². The van der Waals surface area contributed by atoms with Gasteiger partial charge in [0.1, 0.15) is 12.1 Å². The van der Waals surface area contributed by atoms with Crippen LogP contribution < -0.4 is 16.2 Å². The number of carbonyl (C=O) groups excluding carboxylic acids is 4. The van der Waals surface area contributed by atoms with Crippen LogP contribution in [-0.4, -0.2) is 35.2 Å². The van der Waals surface area contributed by atoms with Crippen LogP contribution in [0.15, 0.2) is 24.3 Å². The minimum absolute atomic E-state index is 0.121. The van der Waals surface area contributed by atoms with Gasteiger partial charge in [0.05, 0.1) is 5.41 Å². The number of nitrogens with one attached hydrogen (secondary N) is 3. The van der Waals surface area contributed by atoms with Gasteiger partial charge in [-0.15, -0.1) is 0 Å². The van der Waals surface area contributed by atoms with E-state index in [2.05, 4.69) is 16.2 Å². The van der Waals surface area contributed by atoms with Gasteiger partial charge < -0.3 is 5.32 Å². The van der Waals surface area contributed by atoms with E-state index in [0.29, 0.717) is 24.2 Å². The molecule has 1 aromatic carbocycles. The molecule has 5 amide bonds. The number of aryl methyl sites for hydroxylation is 1. The van der Waals surface area contributed by atoms with Gasteiger partial charge in [-0.1, -0.05) is 24.3 Å². The maximum absolute atomic E-state index is 13.3. The van der Waals surface area contributed by atoms with E-state index in [-0.39, 0.29) is 11.3 Å². The summed E-state index contributed by atoms with van der Waals surface area (Å²) in [7, 11) is 0. The fourth-order valence-electron chi connectivity index (χ4n) is 7.79. The summed E-state index contributed by atoms with van der Waals surface area (Å²) < 4.78 is 0. The van der Waals surface area contributed by atoms with E-state index in [0.717, 1.165) is 48.1 Å². The number of urea groups is 1. The molecule has 8 nitrogen and oxygen atoms in total. The minimum atomic E-state index is -1.10. The van der Waals surface area contributed by atoms with Gasteiger partial charge in [-0.05, 0) is 86.7 Å². The highest BCUT2D eigenvalue weighted by atomic mass is 16.2. The highest BCUT2D eigenvalue weighted by Crippen LogP contribution is 2.60. The third-order valence-electron chi connectivity index (χ3n) is 8.79. The average Bonchev–Trinajstić information content (AvgIpc) is 3.01. The molecule has 5 aliphatic carbocycles. The van der Waals surface area contributed by atoms with E-state index < -0.39 is 29.9 Å². The lowest BCUT2D eigenvalue weighted by Gasteiger charge is -2.55. The maximum atomic E-state index is 13.3. The van der Waals surface area contributed by atoms with Crippen LogP contribution in [0.1, 0.15) is 62.5 Å². The Kier molecular flexibility index (Phi) is 4.58. The molecule has 1 spiro atoms. The Hall–Kier alpha value is -2.90. The molecule has 1 aliphatic heterocycles. The molecular weight excluding hydrogens is 420 g/mol. The number of nitrogens with zero attached hydrogens (tertiary/aromatic N) is 1. The lowest BCUT2D eigenvalue weighted by atomic mass is 9.49. The Morgan fingerprint density at radius 1 is 1.00 bits per heavy atom. The van der Waals surface area contributed by atoms with Crippen LogP contribution >= 0.6 is 0 Å². The van der Waals surface area contributed by atoms with E-state index in [4.69, 9.17) is 0 Å². The third-order valence-corrected chi connectivity index (χ3v) is 8.79. The van der Waals surface area contributed by atoms with Crippen molar-refractivity contribution in [2.24, 2.45) is 23.2 Å². The largest absolute Gasteiger partial charge is 0.325 e. The zero-order valence-electron chi connectivity index (χ0n) is 18.7. The van der Waals surface area contributed by atoms with Crippen LogP contribution in [0, 0.1) is 23.2 Å². The summed E-state index contributed by atoms with van der Waals surface area (Å²) in [5.41, 5.74) is 5.48. The normalized spacial score (nSPS) is 36.0. The second kappa shape index (κ2) is 7.30. The van der Waals surface area contributed by atoms with Gasteiger partial charge in [-0.3, -0.25) is 30.1 Å². The van der Waals surface area contributed by atoms with Crippen LogP contribution in [0.4, 0.5) is 4.79 Å². The third kappa shape index (κ3) is 3.17. The number of benzene rings is 1. The van der Waals surface area contributed by atoms with Crippen molar-refractivity contribution < 1.29 is 19.2 Å². The maximum Gasteiger partial charge on any atom is 0.325 e. The molecule has 6 aliphatic rings. The molecule has 1 saturated heterocycles. The standard InChI is InChI=1S/C25H30N4O4/c30-20(27-28-21(31)24-11-15-8-16(12-24)10-17(9-15)13-24)14-29-22(32)25(26-23(29)33)7-3-5-18-4-1-2-6-19(18)25/h1-2,4,6,15-17H,3,5,7-14H2,(H,26,33)(H,27,30)(H,28,31). The van der Waals surface area contributed by atoms with Gasteiger partial charge in [0, 0.05) is 0 Å². The van der Waals surface area contributed by atoms with Crippen LogP contribution in [0.5, 0.6) is 0 Å². The summed E-state index contributed by atoms with van der Waals surface area (Å²) in [4.78, 5) is 52.7. The summed E-state index contributed by atoms with van der Waals surface area (Å²) in [5, 5.41) is 2.85. The molecule has 0 aromatic heterocycles. The van der Waals surface area contributed by atoms with E-state index in [9.17, 15) is 19.2 Å². The topological polar surface area (TPSA) is 108 Å². The molecule has 8 heteroatoms. The SMILES string of the molecule is O=C(CN1C(=O)NC2(CCCc3ccccc32)C1=O)NNC(=O)C12CC3CC(CC(C3)C1)C2. The number of hydrogen-bond donors (Lipinski definition) is 3. The monoisotopic (exact) mass is 450 g/mol. The Morgan fingerprint density at radius 2 is 1.67 bits per heavy atom. The van der Waals surface area contributed by atoms with Gasteiger partial charge >= 0.3 is 6.03 Å². The molecule has 5 fully saturated rings. The summed E-state index contributed by atoms with van der Waals surface area (Å²) in [6.07, 6.45) is 8.54. The van der Waals surface area contributed by atoms with E-state index in [1.807, 2.05) is 24.3 Å².